The molecule has 2 N–H and O–H groups in total. The van der Waals surface area contributed by atoms with Crippen LogP contribution in [0.3, 0.4) is 0 Å². The summed E-state index contributed by atoms with van der Waals surface area (Å²) in [5.74, 6) is 0.504. The first kappa shape index (κ1) is 15.9. The number of aromatic hydroxyl groups is 1. The highest BCUT2D eigenvalue weighted by molar-refractivity contribution is 5.68. The van der Waals surface area contributed by atoms with Crippen LogP contribution >= 0.6 is 0 Å². The van der Waals surface area contributed by atoms with E-state index in [-0.39, 0.29) is 5.75 Å². The largest absolute Gasteiger partial charge is 0.504 e. The van der Waals surface area contributed by atoms with Crippen LogP contribution < -0.4 is 10.1 Å². The van der Waals surface area contributed by atoms with Crippen molar-refractivity contribution in [2.75, 3.05) is 13.7 Å². The Morgan fingerprint density at radius 3 is 2.70 bits per heavy atom. The summed E-state index contributed by atoms with van der Waals surface area (Å²) in [6.07, 6.45) is 3.15. The number of hydrogen-bond acceptors (Lipinski definition) is 4. The predicted molar refractivity (Wildman–Crippen MR) is 77.9 cm³/mol. The Balaban J connectivity index is 2.47. The molecule has 1 rings (SSSR count). The Hall–Kier alpha value is -2.17. The normalized spacial score (nSPS) is 11.4. The van der Waals surface area contributed by atoms with Gasteiger partial charge >= 0.3 is 6.09 Å². The number of carbonyl (C=O) groups excluding carboxylic acids is 1. The smallest absolute Gasteiger partial charge is 0.407 e. The maximum absolute atomic E-state index is 11.4. The summed E-state index contributed by atoms with van der Waals surface area (Å²) >= 11 is 0. The van der Waals surface area contributed by atoms with E-state index in [2.05, 4.69) is 5.32 Å². The molecule has 1 amide bonds. The molecule has 0 aliphatic rings. The number of carbonyl (C=O) groups is 1. The van der Waals surface area contributed by atoms with Crippen molar-refractivity contribution >= 4 is 12.2 Å². The number of ether oxygens (including phenoxy) is 2. The second kappa shape index (κ2) is 6.84. The van der Waals surface area contributed by atoms with Crippen molar-refractivity contribution in [1.82, 2.24) is 5.32 Å². The molecule has 1 aromatic carbocycles. The molecule has 0 aromatic heterocycles. The molecule has 0 unspecified atom stereocenters. The van der Waals surface area contributed by atoms with Gasteiger partial charge in [0.25, 0.3) is 0 Å². The Morgan fingerprint density at radius 2 is 2.10 bits per heavy atom. The summed E-state index contributed by atoms with van der Waals surface area (Å²) < 4.78 is 10.1. The van der Waals surface area contributed by atoms with E-state index >= 15 is 0 Å². The topological polar surface area (TPSA) is 67.8 Å². The minimum atomic E-state index is -0.502. The molecule has 5 nitrogen and oxygen atoms in total. The Kier molecular flexibility index (Phi) is 5.43. The Bertz CT molecular complexity index is 489. The summed E-state index contributed by atoms with van der Waals surface area (Å²) in [5.41, 5.74) is 0.364. The van der Waals surface area contributed by atoms with Gasteiger partial charge in [-0.1, -0.05) is 18.2 Å². The molecule has 0 fully saturated rings. The third-order valence-electron chi connectivity index (χ3n) is 2.28. The number of amides is 1. The summed E-state index contributed by atoms with van der Waals surface area (Å²) in [7, 11) is 1.49. The van der Waals surface area contributed by atoms with Crippen LogP contribution in [0.4, 0.5) is 4.79 Å². The molecule has 0 radical (unpaired) electrons. The van der Waals surface area contributed by atoms with Gasteiger partial charge in [0.1, 0.15) is 5.60 Å². The van der Waals surface area contributed by atoms with Gasteiger partial charge in [0.05, 0.1) is 7.11 Å². The molecule has 20 heavy (non-hydrogen) atoms. The van der Waals surface area contributed by atoms with Gasteiger partial charge in [-0.05, 0) is 38.5 Å². The van der Waals surface area contributed by atoms with E-state index in [1.165, 1.54) is 7.11 Å². The van der Waals surface area contributed by atoms with Crippen LogP contribution in [0.25, 0.3) is 6.08 Å². The summed E-state index contributed by atoms with van der Waals surface area (Å²) in [6, 6.07) is 5.01. The fourth-order valence-corrected chi connectivity index (χ4v) is 1.45. The van der Waals surface area contributed by atoms with E-state index in [0.717, 1.165) is 5.56 Å². The van der Waals surface area contributed by atoms with Crippen molar-refractivity contribution in [2.24, 2.45) is 0 Å². The lowest BCUT2D eigenvalue weighted by atomic mass is 10.2. The minimum Gasteiger partial charge on any atom is -0.504 e. The highest BCUT2D eigenvalue weighted by Gasteiger charge is 2.14. The van der Waals surface area contributed by atoms with Crippen LogP contribution in [-0.4, -0.2) is 30.5 Å². The van der Waals surface area contributed by atoms with Crippen LogP contribution in [0.5, 0.6) is 11.5 Å². The summed E-state index contributed by atoms with van der Waals surface area (Å²) in [5, 5.41) is 12.1. The van der Waals surface area contributed by atoms with Gasteiger partial charge < -0.3 is 19.9 Å². The number of phenols is 1. The van der Waals surface area contributed by atoms with Crippen LogP contribution in [0.2, 0.25) is 0 Å². The van der Waals surface area contributed by atoms with E-state index in [0.29, 0.717) is 12.3 Å². The molecule has 110 valence electrons. The van der Waals surface area contributed by atoms with Crippen LogP contribution in [0.15, 0.2) is 24.3 Å². The average molecular weight is 279 g/mol. The number of methoxy groups -OCH3 is 1. The first-order valence-corrected chi connectivity index (χ1v) is 6.32. The Labute approximate surface area is 119 Å². The fraction of sp³-hybridized carbons (Fsp3) is 0.400. The zero-order valence-corrected chi connectivity index (χ0v) is 12.3. The molecule has 0 aliphatic carbocycles. The molecular weight excluding hydrogens is 258 g/mol. The zero-order valence-electron chi connectivity index (χ0n) is 12.3. The summed E-state index contributed by atoms with van der Waals surface area (Å²) in [4.78, 5) is 11.4. The van der Waals surface area contributed by atoms with E-state index in [4.69, 9.17) is 9.47 Å². The lowest BCUT2D eigenvalue weighted by Crippen LogP contribution is -2.32. The monoisotopic (exact) mass is 279 g/mol. The van der Waals surface area contributed by atoms with Gasteiger partial charge in [-0.2, -0.15) is 0 Å². The van der Waals surface area contributed by atoms with Crippen molar-refractivity contribution in [2.45, 2.75) is 26.4 Å². The SMILES string of the molecule is COc1cc(C=CCNC(=O)OC(C)(C)C)ccc1O. The molecular formula is C15H21NO4. The molecule has 0 bridgehead atoms. The fourth-order valence-electron chi connectivity index (χ4n) is 1.45. The number of nitrogens with one attached hydrogen (secondary N) is 1. The molecule has 5 heteroatoms. The maximum Gasteiger partial charge on any atom is 0.407 e. The number of alkyl carbamates (subject to hydrolysis) is 1. The lowest BCUT2D eigenvalue weighted by Gasteiger charge is -2.19. The highest BCUT2D eigenvalue weighted by atomic mass is 16.6. The van der Waals surface area contributed by atoms with Crippen LogP contribution in [0.1, 0.15) is 26.3 Å². The minimum absolute atomic E-state index is 0.0940. The number of phenolic OH excluding ortho intramolecular Hbond substituents is 1. The third-order valence-corrected chi connectivity index (χ3v) is 2.28. The van der Waals surface area contributed by atoms with Crippen molar-refractivity contribution in [3.63, 3.8) is 0 Å². The van der Waals surface area contributed by atoms with Gasteiger partial charge in [0, 0.05) is 6.54 Å². The van der Waals surface area contributed by atoms with Crippen molar-refractivity contribution < 1.29 is 19.4 Å². The van der Waals surface area contributed by atoms with Gasteiger partial charge in [-0.3, -0.25) is 0 Å². The first-order chi connectivity index (χ1) is 9.31. The van der Waals surface area contributed by atoms with Gasteiger partial charge in [0.2, 0.25) is 0 Å². The van der Waals surface area contributed by atoms with Crippen molar-refractivity contribution in [3.05, 3.63) is 29.8 Å². The van der Waals surface area contributed by atoms with Crippen LogP contribution in [0, 0.1) is 0 Å². The van der Waals surface area contributed by atoms with Gasteiger partial charge in [-0.15, -0.1) is 0 Å². The molecule has 0 heterocycles. The average Bonchev–Trinajstić information content (AvgIpc) is 2.34. The van der Waals surface area contributed by atoms with E-state index in [9.17, 15) is 9.90 Å². The number of rotatable bonds is 4. The number of benzene rings is 1. The lowest BCUT2D eigenvalue weighted by molar-refractivity contribution is 0.0534. The zero-order chi connectivity index (χ0) is 15.2. The van der Waals surface area contributed by atoms with Crippen molar-refractivity contribution in [3.8, 4) is 11.5 Å². The standard InChI is InChI=1S/C15H21NO4/c1-15(2,3)20-14(18)16-9-5-6-11-7-8-12(17)13(10-11)19-4/h5-8,10,17H,9H2,1-4H3,(H,16,18). The van der Waals surface area contributed by atoms with E-state index in [1.54, 1.807) is 24.3 Å². The molecule has 0 aliphatic heterocycles. The molecule has 0 atom stereocenters. The Morgan fingerprint density at radius 1 is 1.40 bits per heavy atom. The second-order valence-electron chi connectivity index (χ2n) is 5.22. The quantitative estimate of drug-likeness (QED) is 0.889. The molecule has 1 aromatic rings. The van der Waals surface area contributed by atoms with E-state index < -0.39 is 11.7 Å². The van der Waals surface area contributed by atoms with Crippen molar-refractivity contribution in [1.29, 1.82) is 0 Å². The third kappa shape index (κ3) is 5.65. The first-order valence-electron chi connectivity index (χ1n) is 6.32. The van der Waals surface area contributed by atoms with Gasteiger partial charge in [-0.25, -0.2) is 4.79 Å². The van der Waals surface area contributed by atoms with Gasteiger partial charge in [0.15, 0.2) is 11.5 Å². The maximum atomic E-state index is 11.4. The number of hydrogen-bond donors (Lipinski definition) is 2. The molecule has 0 saturated heterocycles. The summed E-state index contributed by atoms with van der Waals surface area (Å²) in [6.45, 7) is 5.79. The molecule has 0 spiro atoms. The highest BCUT2D eigenvalue weighted by Crippen LogP contribution is 2.26. The second-order valence-corrected chi connectivity index (χ2v) is 5.22. The molecule has 0 saturated carbocycles. The van der Waals surface area contributed by atoms with Crippen LogP contribution in [-0.2, 0) is 4.74 Å². The van der Waals surface area contributed by atoms with E-state index in [1.807, 2.05) is 26.8 Å². The predicted octanol–water partition coefficient (Wildman–Crippen LogP) is 2.94.